The molecule has 60 valence electrons. The van der Waals surface area contributed by atoms with Crippen LogP contribution in [0.15, 0.2) is 30.3 Å². The summed E-state index contributed by atoms with van der Waals surface area (Å²) in [5.41, 5.74) is 1.02. The van der Waals surface area contributed by atoms with E-state index in [2.05, 4.69) is 22.6 Å². The predicted octanol–water partition coefficient (Wildman–Crippen LogP) is 2.55. The first-order valence-electron chi connectivity index (χ1n) is 3.63. The second-order valence-electron chi connectivity index (χ2n) is 2.40. The zero-order valence-corrected chi connectivity index (χ0v) is 8.36. The summed E-state index contributed by atoms with van der Waals surface area (Å²) in [5.74, 6) is 0. The lowest BCUT2D eigenvalue weighted by atomic mass is 10.1. The first-order chi connectivity index (χ1) is 5.34. The predicted molar refractivity (Wildman–Crippen MR) is 54.9 cm³/mol. The summed E-state index contributed by atoms with van der Waals surface area (Å²) < 4.78 is 0.994. The Hall–Kier alpha value is -0.0900. The highest BCUT2D eigenvalue weighted by Crippen LogP contribution is 2.16. The normalized spacial score (nSPS) is 12.9. The highest BCUT2D eigenvalue weighted by atomic mass is 127. The minimum absolute atomic E-state index is 0.284. The maximum absolute atomic E-state index is 9.52. The number of benzene rings is 1. The molecule has 0 heterocycles. The van der Waals surface area contributed by atoms with Gasteiger partial charge in [0.2, 0.25) is 0 Å². The first kappa shape index (κ1) is 9.00. The van der Waals surface area contributed by atoms with Crippen LogP contribution >= 0.6 is 22.6 Å². The molecule has 0 spiro atoms. The molecule has 0 saturated heterocycles. The van der Waals surface area contributed by atoms with Crippen LogP contribution in [0.5, 0.6) is 0 Å². The maximum Gasteiger partial charge on any atom is 0.0797 e. The average molecular weight is 262 g/mol. The van der Waals surface area contributed by atoms with Crippen molar-refractivity contribution < 1.29 is 5.11 Å². The van der Waals surface area contributed by atoms with Crippen molar-refractivity contribution in [2.75, 3.05) is 4.43 Å². The summed E-state index contributed by atoms with van der Waals surface area (Å²) in [7, 11) is 0. The highest BCUT2D eigenvalue weighted by Gasteiger charge is 2.03. The van der Waals surface area contributed by atoms with Gasteiger partial charge in [-0.05, 0) is 12.0 Å². The summed E-state index contributed by atoms with van der Waals surface area (Å²) in [4.78, 5) is 0. The number of aliphatic hydroxyl groups is 1. The van der Waals surface area contributed by atoms with Gasteiger partial charge in [-0.1, -0.05) is 52.9 Å². The van der Waals surface area contributed by atoms with E-state index in [1.807, 2.05) is 30.3 Å². The minimum Gasteiger partial charge on any atom is -0.388 e. The molecule has 1 N–H and O–H groups in total. The summed E-state index contributed by atoms with van der Waals surface area (Å²) in [6.07, 6.45) is 0.554. The van der Waals surface area contributed by atoms with Crippen molar-refractivity contribution in [3.05, 3.63) is 35.9 Å². The number of alkyl halides is 1. The third kappa shape index (κ3) is 2.79. The SMILES string of the molecule is O[C@@H](CCI)c1ccccc1. The van der Waals surface area contributed by atoms with E-state index in [9.17, 15) is 5.11 Å². The van der Waals surface area contributed by atoms with Crippen LogP contribution in [0, 0.1) is 0 Å². The zero-order valence-electron chi connectivity index (χ0n) is 6.20. The van der Waals surface area contributed by atoms with E-state index in [4.69, 9.17) is 0 Å². The van der Waals surface area contributed by atoms with E-state index < -0.39 is 0 Å². The smallest absolute Gasteiger partial charge is 0.0797 e. The molecule has 1 aromatic rings. The molecule has 1 atom stereocenters. The molecule has 2 heteroatoms. The van der Waals surface area contributed by atoms with Crippen molar-refractivity contribution in [3.63, 3.8) is 0 Å². The lowest BCUT2D eigenvalue weighted by Gasteiger charge is -2.07. The van der Waals surface area contributed by atoms with Gasteiger partial charge in [-0.15, -0.1) is 0 Å². The van der Waals surface area contributed by atoms with E-state index in [1.165, 1.54) is 0 Å². The Bertz CT molecular complexity index is 198. The van der Waals surface area contributed by atoms with Crippen LogP contribution in [0.2, 0.25) is 0 Å². The topological polar surface area (TPSA) is 20.2 Å². The van der Waals surface area contributed by atoms with Gasteiger partial charge in [-0.2, -0.15) is 0 Å². The molecule has 0 radical (unpaired) electrons. The van der Waals surface area contributed by atoms with E-state index >= 15 is 0 Å². The van der Waals surface area contributed by atoms with Crippen LogP contribution < -0.4 is 0 Å². The number of halogens is 1. The molecule has 0 unspecified atom stereocenters. The van der Waals surface area contributed by atoms with Crippen molar-refractivity contribution in [3.8, 4) is 0 Å². The van der Waals surface area contributed by atoms with Gasteiger partial charge in [0.1, 0.15) is 0 Å². The van der Waals surface area contributed by atoms with Gasteiger partial charge in [0.25, 0.3) is 0 Å². The van der Waals surface area contributed by atoms with Gasteiger partial charge in [-0.25, -0.2) is 0 Å². The Morgan fingerprint density at radius 3 is 2.45 bits per heavy atom. The molecule has 0 aromatic heterocycles. The van der Waals surface area contributed by atoms with Crippen molar-refractivity contribution in [2.24, 2.45) is 0 Å². The number of aliphatic hydroxyl groups excluding tert-OH is 1. The Labute approximate surface area is 80.6 Å². The summed E-state index contributed by atoms with van der Waals surface area (Å²) in [6.45, 7) is 0. The molecule has 0 aliphatic carbocycles. The molecule has 0 bridgehead atoms. The molecule has 0 aliphatic rings. The second kappa shape index (κ2) is 4.72. The van der Waals surface area contributed by atoms with Gasteiger partial charge >= 0.3 is 0 Å². The summed E-state index contributed by atoms with van der Waals surface area (Å²) >= 11 is 2.27. The van der Waals surface area contributed by atoms with Gasteiger partial charge in [0.05, 0.1) is 6.10 Å². The van der Waals surface area contributed by atoms with E-state index in [0.717, 1.165) is 16.4 Å². The largest absolute Gasteiger partial charge is 0.388 e. The van der Waals surface area contributed by atoms with Gasteiger partial charge < -0.3 is 5.11 Å². The van der Waals surface area contributed by atoms with E-state index in [-0.39, 0.29) is 6.10 Å². The van der Waals surface area contributed by atoms with Crippen LogP contribution in [0.25, 0.3) is 0 Å². The fourth-order valence-electron chi connectivity index (χ4n) is 0.945. The van der Waals surface area contributed by atoms with Crippen LogP contribution in [-0.4, -0.2) is 9.53 Å². The Morgan fingerprint density at radius 2 is 1.91 bits per heavy atom. The molecule has 0 fully saturated rings. The van der Waals surface area contributed by atoms with Gasteiger partial charge in [-0.3, -0.25) is 0 Å². The van der Waals surface area contributed by atoms with Crippen LogP contribution in [0.3, 0.4) is 0 Å². The highest BCUT2D eigenvalue weighted by molar-refractivity contribution is 14.1. The van der Waals surface area contributed by atoms with Crippen molar-refractivity contribution >= 4 is 22.6 Å². The monoisotopic (exact) mass is 262 g/mol. The molecule has 1 nitrogen and oxygen atoms in total. The molecule has 1 rings (SSSR count). The fourth-order valence-corrected chi connectivity index (χ4v) is 1.54. The Balaban J connectivity index is 2.61. The Morgan fingerprint density at radius 1 is 1.27 bits per heavy atom. The molecule has 1 aromatic carbocycles. The number of rotatable bonds is 3. The van der Waals surface area contributed by atoms with Crippen LogP contribution in [0.4, 0.5) is 0 Å². The first-order valence-corrected chi connectivity index (χ1v) is 5.16. The van der Waals surface area contributed by atoms with Crippen LogP contribution in [-0.2, 0) is 0 Å². The van der Waals surface area contributed by atoms with Crippen molar-refractivity contribution in [2.45, 2.75) is 12.5 Å². The average Bonchev–Trinajstić information content (AvgIpc) is 2.07. The molecule has 0 amide bonds. The third-order valence-corrected chi connectivity index (χ3v) is 2.19. The quantitative estimate of drug-likeness (QED) is 0.655. The van der Waals surface area contributed by atoms with Crippen LogP contribution in [0.1, 0.15) is 18.1 Å². The number of hydrogen-bond donors (Lipinski definition) is 1. The lowest BCUT2D eigenvalue weighted by Crippen LogP contribution is -1.96. The fraction of sp³-hybridized carbons (Fsp3) is 0.333. The van der Waals surface area contributed by atoms with Crippen molar-refractivity contribution in [1.82, 2.24) is 0 Å². The molecular weight excluding hydrogens is 251 g/mol. The maximum atomic E-state index is 9.52. The number of hydrogen-bond acceptors (Lipinski definition) is 1. The van der Waals surface area contributed by atoms with E-state index in [1.54, 1.807) is 0 Å². The molecule has 0 aliphatic heterocycles. The molecule has 11 heavy (non-hydrogen) atoms. The van der Waals surface area contributed by atoms with Crippen molar-refractivity contribution in [1.29, 1.82) is 0 Å². The summed E-state index contributed by atoms with van der Waals surface area (Å²) in [5, 5.41) is 9.52. The lowest BCUT2D eigenvalue weighted by molar-refractivity contribution is 0.176. The summed E-state index contributed by atoms with van der Waals surface area (Å²) in [6, 6.07) is 9.77. The van der Waals surface area contributed by atoms with Gasteiger partial charge in [0, 0.05) is 4.43 Å². The Kier molecular flexibility index (Phi) is 3.86. The zero-order chi connectivity index (χ0) is 8.10. The van der Waals surface area contributed by atoms with Gasteiger partial charge in [0.15, 0.2) is 0 Å². The molecule has 0 saturated carbocycles. The molecular formula is C9H11IO. The third-order valence-electron chi connectivity index (χ3n) is 1.57. The van der Waals surface area contributed by atoms with E-state index in [0.29, 0.717) is 0 Å². The standard InChI is InChI=1S/C9H11IO/c10-7-6-9(11)8-4-2-1-3-5-8/h1-5,9,11H,6-7H2/t9-/m0/s1. The minimum atomic E-state index is -0.284. The second-order valence-corrected chi connectivity index (χ2v) is 3.48.